The van der Waals surface area contributed by atoms with E-state index in [2.05, 4.69) is 34.2 Å². The van der Waals surface area contributed by atoms with Gasteiger partial charge in [-0.05, 0) is 31.0 Å². The minimum Gasteiger partial charge on any atom is -0.321 e. The summed E-state index contributed by atoms with van der Waals surface area (Å²) >= 11 is 0. The summed E-state index contributed by atoms with van der Waals surface area (Å²) in [6.07, 6.45) is 1.66. The van der Waals surface area contributed by atoms with Gasteiger partial charge in [-0.3, -0.25) is 14.5 Å². The molecular weight excluding hydrogens is 338 g/mol. The lowest BCUT2D eigenvalue weighted by atomic mass is 10.0. The Morgan fingerprint density at radius 3 is 2.70 bits per heavy atom. The summed E-state index contributed by atoms with van der Waals surface area (Å²) in [5, 5.41) is 9.12. The molecule has 1 N–H and O–H groups in total. The fourth-order valence-corrected chi connectivity index (χ4v) is 3.25. The van der Waals surface area contributed by atoms with Crippen LogP contribution in [0.1, 0.15) is 41.5 Å². The van der Waals surface area contributed by atoms with Crippen LogP contribution >= 0.6 is 0 Å². The Kier molecular flexibility index (Phi) is 4.11. The smallest absolute Gasteiger partial charge is 0.256 e. The molecule has 3 aromatic heterocycles. The number of aromatic nitrogens is 4. The molecule has 1 aromatic carbocycles. The van der Waals surface area contributed by atoms with Crippen LogP contribution in [0.4, 0.5) is 5.69 Å². The number of carbonyl (C=O) groups is 1. The summed E-state index contributed by atoms with van der Waals surface area (Å²) in [6.45, 7) is 6.07. The highest BCUT2D eigenvalue weighted by Crippen LogP contribution is 2.24. The van der Waals surface area contributed by atoms with Gasteiger partial charge in [0, 0.05) is 23.5 Å². The molecule has 0 aliphatic rings. The highest BCUT2D eigenvalue weighted by molar-refractivity contribution is 6.12. The topological polar surface area (TPSA) is 72.7 Å². The van der Waals surface area contributed by atoms with Crippen LogP contribution in [0.5, 0.6) is 0 Å². The normalized spacial score (nSPS) is 11.4. The highest BCUT2D eigenvalue weighted by Gasteiger charge is 2.15. The molecule has 0 saturated heterocycles. The van der Waals surface area contributed by atoms with E-state index in [1.165, 1.54) is 0 Å². The van der Waals surface area contributed by atoms with Crippen molar-refractivity contribution in [1.29, 1.82) is 0 Å². The van der Waals surface area contributed by atoms with E-state index < -0.39 is 0 Å². The summed E-state index contributed by atoms with van der Waals surface area (Å²) in [7, 11) is 1.86. The molecule has 0 aliphatic carbocycles. The number of amides is 1. The number of carbonyl (C=O) groups excluding carboxylic acids is 1. The van der Waals surface area contributed by atoms with Crippen molar-refractivity contribution in [3.63, 3.8) is 0 Å². The lowest BCUT2D eigenvalue weighted by molar-refractivity contribution is 0.102. The van der Waals surface area contributed by atoms with Gasteiger partial charge in [-0.2, -0.15) is 5.10 Å². The monoisotopic (exact) mass is 359 g/mol. The zero-order chi connectivity index (χ0) is 19.1. The third-order valence-corrected chi connectivity index (χ3v) is 4.69. The number of benzene rings is 1. The second-order valence-electron chi connectivity index (χ2n) is 7.02. The van der Waals surface area contributed by atoms with Gasteiger partial charge in [-0.25, -0.2) is 4.98 Å². The Balaban J connectivity index is 1.76. The summed E-state index contributed by atoms with van der Waals surface area (Å²) in [5.41, 5.74) is 4.67. The van der Waals surface area contributed by atoms with Crippen LogP contribution in [0.25, 0.3) is 21.9 Å². The van der Waals surface area contributed by atoms with Crippen LogP contribution in [0.15, 0.2) is 42.6 Å². The third kappa shape index (κ3) is 3.03. The highest BCUT2D eigenvalue weighted by atomic mass is 16.1. The second-order valence-corrected chi connectivity index (χ2v) is 7.02. The van der Waals surface area contributed by atoms with E-state index in [4.69, 9.17) is 0 Å². The molecule has 0 spiro atoms. The van der Waals surface area contributed by atoms with Gasteiger partial charge in [0.15, 0.2) is 5.65 Å². The van der Waals surface area contributed by atoms with E-state index in [1.54, 1.807) is 10.9 Å². The van der Waals surface area contributed by atoms with E-state index in [-0.39, 0.29) is 11.8 Å². The number of fused-ring (bicyclic) bond motifs is 2. The van der Waals surface area contributed by atoms with Gasteiger partial charge in [0.1, 0.15) is 0 Å². The molecule has 0 bridgehead atoms. The molecule has 0 fully saturated rings. The minimum absolute atomic E-state index is 0.168. The molecule has 1 amide bonds. The van der Waals surface area contributed by atoms with Crippen LogP contribution in [0.3, 0.4) is 0 Å². The predicted octanol–water partition coefficient (Wildman–Crippen LogP) is 4.20. The molecule has 4 aromatic rings. The first-order valence-corrected chi connectivity index (χ1v) is 8.94. The average Bonchev–Trinajstić information content (AvgIpc) is 2.94. The van der Waals surface area contributed by atoms with Gasteiger partial charge in [-0.15, -0.1) is 0 Å². The fourth-order valence-electron chi connectivity index (χ4n) is 3.25. The van der Waals surface area contributed by atoms with Crippen LogP contribution in [0.2, 0.25) is 0 Å². The Bertz CT molecular complexity index is 1180. The predicted molar refractivity (Wildman–Crippen MR) is 107 cm³/mol. The second kappa shape index (κ2) is 6.46. The lowest BCUT2D eigenvalue weighted by Gasteiger charge is -2.12. The molecular formula is C21H21N5O. The van der Waals surface area contributed by atoms with Crippen LogP contribution in [-0.4, -0.2) is 25.7 Å². The first-order valence-electron chi connectivity index (χ1n) is 8.94. The Morgan fingerprint density at radius 2 is 1.93 bits per heavy atom. The SMILES string of the molecule is Cc1nn(C)c2ncc(NC(=O)c3cc(C(C)C)nc4ccccc34)cc12. The molecule has 27 heavy (non-hydrogen) atoms. The van der Waals surface area contributed by atoms with Crippen molar-refractivity contribution in [3.05, 3.63) is 59.5 Å². The Labute approximate surface area is 157 Å². The molecule has 0 aliphatic heterocycles. The largest absolute Gasteiger partial charge is 0.321 e. The van der Waals surface area contributed by atoms with E-state index in [9.17, 15) is 4.79 Å². The summed E-state index contributed by atoms with van der Waals surface area (Å²) < 4.78 is 1.74. The van der Waals surface area contributed by atoms with Crippen molar-refractivity contribution in [2.45, 2.75) is 26.7 Å². The minimum atomic E-state index is -0.168. The van der Waals surface area contributed by atoms with Gasteiger partial charge in [0.25, 0.3) is 5.91 Å². The maximum absolute atomic E-state index is 13.0. The van der Waals surface area contributed by atoms with Crippen molar-refractivity contribution in [1.82, 2.24) is 19.7 Å². The van der Waals surface area contributed by atoms with Crippen molar-refractivity contribution < 1.29 is 4.79 Å². The number of para-hydroxylation sites is 1. The average molecular weight is 359 g/mol. The van der Waals surface area contributed by atoms with Crippen LogP contribution < -0.4 is 5.32 Å². The number of nitrogens with zero attached hydrogens (tertiary/aromatic N) is 4. The molecule has 0 unspecified atom stereocenters. The number of pyridine rings is 2. The van der Waals surface area contributed by atoms with Gasteiger partial charge in [0.05, 0.1) is 28.7 Å². The van der Waals surface area contributed by atoms with E-state index in [1.807, 2.05) is 50.4 Å². The van der Waals surface area contributed by atoms with E-state index in [0.717, 1.165) is 33.3 Å². The van der Waals surface area contributed by atoms with Crippen molar-refractivity contribution >= 4 is 33.5 Å². The van der Waals surface area contributed by atoms with Crippen molar-refractivity contribution in [2.75, 3.05) is 5.32 Å². The standard InChI is InChI=1S/C21H21N5O/c1-12(2)19-10-17(15-7-5-6-8-18(15)24-19)21(27)23-14-9-16-13(3)25-26(4)20(16)22-11-14/h5-12H,1-4H3,(H,23,27). The first kappa shape index (κ1) is 17.1. The summed E-state index contributed by atoms with van der Waals surface area (Å²) in [5.74, 6) is 0.0652. The van der Waals surface area contributed by atoms with Gasteiger partial charge in [-0.1, -0.05) is 32.0 Å². The number of aryl methyl sites for hydroxylation is 2. The molecule has 0 atom stereocenters. The molecule has 6 heteroatoms. The molecule has 136 valence electrons. The Hall–Kier alpha value is -3.28. The molecule has 3 heterocycles. The molecule has 6 nitrogen and oxygen atoms in total. The van der Waals surface area contributed by atoms with Gasteiger partial charge < -0.3 is 5.32 Å². The number of hydrogen-bond donors (Lipinski definition) is 1. The number of anilines is 1. The summed E-state index contributed by atoms with van der Waals surface area (Å²) in [6, 6.07) is 11.5. The van der Waals surface area contributed by atoms with Crippen molar-refractivity contribution in [2.24, 2.45) is 7.05 Å². The van der Waals surface area contributed by atoms with Crippen LogP contribution in [-0.2, 0) is 7.05 Å². The maximum atomic E-state index is 13.0. The third-order valence-electron chi connectivity index (χ3n) is 4.69. The number of rotatable bonds is 3. The molecule has 0 saturated carbocycles. The molecule has 4 rings (SSSR count). The maximum Gasteiger partial charge on any atom is 0.256 e. The zero-order valence-corrected chi connectivity index (χ0v) is 15.8. The molecule has 0 radical (unpaired) electrons. The van der Waals surface area contributed by atoms with E-state index in [0.29, 0.717) is 11.3 Å². The van der Waals surface area contributed by atoms with Crippen molar-refractivity contribution in [3.8, 4) is 0 Å². The first-order chi connectivity index (χ1) is 12.9. The van der Waals surface area contributed by atoms with Crippen LogP contribution in [0, 0.1) is 6.92 Å². The van der Waals surface area contributed by atoms with E-state index >= 15 is 0 Å². The fraction of sp³-hybridized carbons (Fsp3) is 0.238. The number of hydrogen-bond acceptors (Lipinski definition) is 4. The lowest BCUT2D eigenvalue weighted by Crippen LogP contribution is -2.14. The zero-order valence-electron chi connectivity index (χ0n) is 15.8. The number of nitrogens with one attached hydrogen (secondary N) is 1. The Morgan fingerprint density at radius 1 is 1.15 bits per heavy atom. The quantitative estimate of drug-likeness (QED) is 0.595. The summed E-state index contributed by atoms with van der Waals surface area (Å²) in [4.78, 5) is 22.1. The van der Waals surface area contributed by atoms with Gasteiger partial charge >= 0.3 is 0 Å². The van der Waals surface area contributed by atoms with Gasteiger partial charge in [0.2, 0.25) is 0 Å².